The van der Waals surface area contributed by atoms with E-state index >= 15 is 0 Å². The van der Waals surface area contributed by atoms with E-state index in [0.717, 1.165) is 28.2 Å². The van der Waals surface area contributed by atoms with E-state index in [-0.39, 0.29) is 12.7 Å². The van der Waals surface area contributed by atoms with Gasteiger partial charge in [-0.1, -0.05) is 30.3 Å². The lowest BCUT2D eigenvalue weighted by molar-refractivity contribution is 0.0192. The Balaban J connectivity index is 1.51. The fraction of sp³-hybridized carbons (Fsp3) is 0.192. The van der Waals surface area contributed by atoms with Gasteiger partial charge in [-0.05, 0) is 62.2 Å². The van der Waals surface area contributed by atoms with Crippen molar-refractivity contribution in [1.29, 1.82) is 0 Å². The number of benzene rings is 2. The zero-order valence-corrected chi connectivity index (χ0v) is 19.0. The molecule has 4 aromatic rings. The van der Waals surface area contributed by atoms with Crippen LogP contribution in [0.25, 0.3) is 28.2 Å². The summed E-state index contributed by atoms with van der Waals surface area (Å²) < 4.78 is 23.2. The van der Waals surface area contributed by atoms with Crippen molar-refractivity contribution in [2.45, 2.75) is 26.4 Å². The van der Waals surface area contributed by atoms with Gasteiger partial charge >= 0.3 is 6.16 Å². The van der Waals surface area contributed by atoms with Gasteiger partial charge in [-0.2, -0.15) is 9.78 Å². The van der Waals surface area contributed by atoms with Crippen molar-refractivity contribution < 1.29 is 23.7 Å². The van der Waals surface area contributed by atoms with Crippen LogP contribution in [-0.2, 0) is 4.74 Å². The minimum absolute atomic E-state index is 0.205. The maximum Gasteiger partial charge on any atom is 0.515 e. The summed E-state index contributed by atoms with van der Waals surface area (Å²) in [5.74, 6) is 2.17. The largest absolute Gasteiger partial charge is 0.515 e. The molecule has 3 heterocycles. The van der Waals surface area contributed by atoms with E-state index in [2.05, 4.69) is 10.1 Å². The summed E-state index contributed by atoms with van der Waals surface area (Å²) in [6.45, 7) is 5.55. The van der Waals surface area contributed by atoms with Gasteiger partial charge in [0.15, 0.2) is 17.3 Å². The molecule has 0 radical (unpaired) electrons. The predicted molar refractivity (Wildman–Crippen MR) is 125 cm³/mol. The number of carbonyl (C=O) groups excluding carboxylic acids is 1. The van der Waals surface area contributed by atoms with Crippen molar-refractivity contribution in [2.24, 2.45) is 0 Å². The monoisotopic (exact) mass is 457 g/mol. The van der Waals surface area contributed by atoms with Crippen LogP contribution in [0.5, 0.6) is 17.4 Å². The molecule has 0 atom stereocenters. The third-order valence-corrected chi connectivity index (χ3v) is 4.98. The van der Waals surface area contributed by atoms with E-state index in [1.807, 2.05) is 48.5 Å². The summed E-state index contributed by atoms with van der Waals surface area (Å²) in [7, 11) is 0. The molecule has 8 nitrogen and oxygen atoms in total. The van der Waals surface area contributed by atoms with Gasteiger partial charge in [-0.15, -0.1) is 0 Å². The molecule has 0 N–H and O–H groups in total. The third kappa shape index (κ3) is 4.56. The molecule has 172 valence electrons. The maximum atomic E-state index is 12.4. The Labute approximate surface area is 196 Å². The molecule has 8 heteroatoms. The first-order valence-corrected chi connectivity index (χ1v) is 10.8. The van der Waals surface area contributed by atoms with Crippen molar-refractivity contribution in [3.63, 3.8) is 0 Å². The van der Waals surface area contributed by atoms with E-state index < -0.39 is 11.8 Å². The molecule has 0 amide bonds. The van der Waals surface area contributed by atoms with Crippen LogP contribution in [0.3, 0.4) is 0 Å². The molecule has 2 aromatic heterocycles. The molecule has 1 aliphatic rings. The van der Waals surface area contributed by atoms with Crippen molar-refractivity contribution in [3.8, 4) is 45.6 Å². The average molecular weight is 457 g/mol. The van der Waals surface area contributed by atoms with Gasteiger partial charge in [0, 0.05) is 17.8 Å². The lowest BCUT2D eigenvalue weighted by atomic mass is 10.0. The summed E-state index contributed by atoms with van der Waals surface area (Å²) in [6.07, 6.45) is 0.832. The maximum absolute atomic E-state index is 12.4. The van der Waals surface area contributed by atoms with Crippen LogP contribution in [0.1, 0.15) is 20.8 Å². The summed E-state index contributed by atoms with van der Waals surface area (Å²) in [5.41, 5.74) is 2.75. The highest BCUT2D eigenvalue weighted by Crippen LogP contribution is 2.37. The number of carbonyl (C=O) groups is 1. The second kappa shape index (κ2) is 8.55. The molecule has 0 bridgehead atoms. The Morgan fingerprint density at radius 2 is 1.71 bits per heavy atom. The van der Waals surface area contributed by atoms with Crippen molar-refractivity contribution >= 4 is 6.16 Å². The Hall–Kier alpha value is -4.33. The zero-order valence-electron chi connectivity index (χ0n) is 19.0. The molecule has 0 aliphatic carbocycles. The number of hydrogen-bond donors (Lipinski definition) is 0. The predicted octanol–water partition coefficient (Wildman–Crippen LogP) is 5.64. The van der Waals surface area contributed by atoms with Gasteiger partial charge in [0.2, 0.25) is 12.7 Å². The molecular weight excluding hydrogens is 434 g/mol. The van der Waals surface area contributed by atoms with E-state index in [1.165, 1.54) is 4.68 Å². The van der Waals surface area contributed by atoms with Gasteiger partial charge in [0.1, 0.15) is 5.60 Å². The number of aromatic nitrogens is 3. The van der Waals surface area contributed by atoms with E-state index in [1.54, 1.807) is 45.2 Å². The molecular formula is C26H23N3O5. The second-order valence-corrected chi connectivity index (χ2v) is 8.68. The number of nitrogens with zero attached hydrogens (tertiary/aromatic N) is 3. The first-order valence-electron chi connectivity index (χ1n) is 10.8. The molecule has 0 fully saturated rings. The second-order valence-electron chi connectivity index (χ2n) is 8.68. The molecule has 0 unspecified atom stereocenters. The van der Waals surface area contributed by atoms with Gasteiger partial charge in [-0.3, -0.25) is 0 Å². The lowest BCUT2D eigenvalue weighted by Crippen LogP contribution is -2.26. The normalized spacial score (nSPS) is 12.4. The summed E-state index contributed by atoms with van der Waals surface area (Å²) >= 11 is 0. The standard InChI is InChI=1S/C26H23N3O5/c1-26(2,3)34-25(30)33-24-15-20(28-29(24)23-9-4-5-12-27-23)19-8-6-7-17(13-19)18-10-11-21-22(14-18)32-16-31-21/h4-15H,16H2,1-3H3. The minimum Gasteiger partial charge on any atom is -0.454 e. The summed E-state index contributed by atoms with van der Waals surface area (Å²) in [4.78, 5) is 16.7. The minimum atomic E-state index is -0.815. The molecule has 34 heavy (non-hydrogen) atoms. The van der Waals surface area contributed by atoms with Gasteiger partial charge in [0.05, 0.1) is 5.69 Å². The smallest absolute Gasteiger partial charge is 0.454 e. The fourth-order valence-corrected chi connectivity index (χ4v) is 3.51. The fourth-order valence-electron chi connectivity index (χ4n) is 3.51. The highest BCUT2D eigenvalue weighted by Gasteiger charge is 2.22. The van der Waals surface area contributed by atoms with Crippen molar-refractivity contribution in [2.75, 3.05) is 6.79 Å². The van der Waals surface area contributed by atoms with E-state index in [9.17, 15) is 4.79 Å². The number of pyridine rings is 1. The first-order chi connectivity index (χ1) is 16.4. The quantitative estimate of drug-likeness (QED) is 0.366. The number of hydrogen-bond acceptors (Lipinski definition) is 7. The van der Waals surface area contributed by atoms with Crippen LogP contribution in [-0.4, -0.2) is 33.3 Å². The molecule has 5 rings (SSSR count). The van der Waals surface area contributed by atoms with E-state index in [4.69, 9.17) is 18.9 Å². The molecule has 2 aromatic carbocycles. The third-order valence-electron chi connectivity index (χ3n) is 4.98. The number of fused-ring (bicyclic) bond motifs is 1. The number of rotatable bonds is 4. The van der Waals surface area contributed by atoms with E-state index in [0.29, 0.717) is 11.5 Å². The summed E-state index contributed by atoms with van der Waals surface area (Å²) in [5, 5.41) is 4.67. The Bertz CT molecular complexity index is 1340. The van der Waals surface area contributed by atoms with Crippen LogP contribution in [0.4, 0.5) is 4.79 Å². The topological polar surface area (TPSA) is 84.7 Å². The van der Waals surface area contributed by atoms with Crippen molar-refractivity contribution in [1.82, 2.24) is 14.8 Å². The van der Waals surface area contributed by atoms with Crippen LogP contribution < -0.4 is 14.2 Å². The zero-order chi connectivity index (χ0) is 23.7. The van der Waals surface area contributed by atoms with Crippen LogP contribution in [0.2, 0.25) is 0 Å². The number of ether oxygens (including phenoxy) is 4. The highest BCUT2D eigenvalue weighted by molar-refractivity contribution is 5.74. The average Bonchev–Trinajstić information content (AvgIpc) is 3.45. The van der Waals surface area contributed by atoms with Gasteiger partial charge in [-0.25, -0.2) is 9.78 Å². The molecule has 0 saturated heterocycles. The summed E-state index contributed by atoms with van der Waals surface area (Å²) in [6, 6.07) is 20.8. The first kappa shape index (κ1) is 21.5. The van der Waals surface area contributed by atoms with Crippen molar-refractivity contribution in [3.05, 3.63) is 72.9 Å². The highest BCUT2D eigenvalue weighted by atomic mass is 16.7. The van der Waals surface area contributed by atoms with Gasteiger partial charge in [0.25, 0.3) is 0 Å². The Morgan fingerprint density at radius 3 is 2.50 bits per heavy atom. The van der Waals surface area contributed by atoms with Crippen LogP contribution in [0.15, 0.2) is 72.9 Å². The molecule has 0 spiro atoms. The van der Waals surface area contributed by atoms with Crippen LogP contribution in [0, 0.1) is 0 Å². The Kier molecular flexibility index (Phi) is 5.41. The van der Waals surface area contributed by atoms with Gasteiger partial charge < -0.3 is 18.9 Å². The Morgan fingerprint density at radius 1 is 0.912 bits per heavy atom. The molecule has 0 saturated carbocycles. The molecule has 1 aliphatic heterocycles. The lowest BCUT2D eigenvalue weighted by Gasteiger charge is -2.18. The SMILES string of the molecule is CC(C)(C)OC(=O)Oc1cc(-c2cccc(-c3ccc4c(c3)OCO4)c2)nn1-c1ccccn1. The van der Waals surface area contributed by atoms with Crippen LogP contribution >= 0.6 is 0 Å².